The third kappa shape index (κ3) is 13.3. The first kappa shape index (κ1) is 47.6. The molecule has 4 amide bonds. The zero-order valence-corrected chi connectivity index (χ0v) is 36.9. The van der Waals surface area contributed by atoms with Gasteiger partial charge in [-0.2, -0.15) is 0 Å². The van der Waals surface area contributed by atoms with Crippen LogP contribution in [0, 0.1) is 0 Å². The van der Waals surface area contributed by atoms with Gasteiger partial charge < -0.3 is 44.0 Å². The van der Waals surface area contributed by atoms with Crippen molar-refractivity contribution >= 4 is 40.5 Å². The van der Waals surface area contributed by atoms with Gasteiger partial charge in [-0.15, -0.1) is 0 Å². The third-order valence-corrected chi connectivity index (χ3v) is 10.9. The van der Waals surface area contributed by atoms with E-state index in [0.717, 1.165) is 22.6 Å². The first-order valence-electron chi connectivity index (χ1n) is 22.1. The highest BCUT2D eigenvalue weighted by Gasteiger charge is 2.44. The van der Waals surface area contributed by atoms with E-state index in [4.69, 9.17) is 28.4 Å². The summed E-state index contributed by atoms with van der Waals surface area (Å²) in [6.45, 7) is 6.84. The molecule has 0 aliphatic carbocycles. The van der Waals surface area contributed by atoms with Gasteiger partial charge in [-0.05, 0) is 71.4 Å². The molecule has 1 fully saturated rings. The number of amides is 4. The molecule has 4 aromatic rings. The van der Waals surface area contributed by atoms with E-state index in [9.17, 15) is 19.2 Å². The number of carbonyl (C=O) groups is 4. The Morgan fingerprint density at radius 3 is 2.03 bits per heavy atom. The minimum absolute atomic E-state index is 0.0212. The van der Waals surface area contributed by atoms with Crippen molar-refractivity contribution in [1.82, 2.24) is 15.1 Å². The number of allylic oxidation sites excluding steroid dienone is 1. The number of hydrogen-bond donors (Lipinski definition) is 2. The standard InChI is InChI=1S/C50H60N4O10/c1-3-41(37-12-6-4-7-13-37)46(38-14-8-5-9-15-38)39-19-21-40(22-20-39)64-29-25-53(2)45(55)23-27-59-30-32-61-34-35-62-33-31-60-28-24-51-43-17-10-16-42-47(43)50(58)54(49(42)57)44-18-11-26-63-36-52-48(44)56/h4-10,12-17,19-22,44,51H,3,11,18,23-36H2,1-2H3,(H,52,56)/b46-41-. The molecule has 1 saturated heterocycles. The van der Waals surface area contributed by atoms with Crippen LogP contribution in [-0.2, 0) is 33.3 Å². The lowest BCUT2D eigenvalue weighted by molar-refractivity contribution is -0.131. The molecule has 0 bridgehead atoms. The van der Waals surface area contributed by atoms with Crippen molar-refractivity contribution < 1.29 is 47.6 Å². The van der Waals surface area contributed by atoms with Crippen molar-refractivity contribution in [3.05, 3.63) is 131 Å². The van der Waals surface area contributed by atoms with Gasteiger partial charge in [0.2, 0.25) is 11.8 Å². The fourth-order valence-corrected chi connectivity index (χ4v) is 7.60. The quantitative estimate of drug-likeness (QED) is 0.0438. The summed E-state index contributed by atoms with van der Waals surface area (Å²) < 4.78 is 33.7. The molecule has 2 heterocycles. The van der Waals surface area contributed by atoms with E-state index in [1.54, 1.807) is 30.1 Å². The molecule has 1 unspecified atom stereocenters. The molecule has 340 valence electrons. The Bertz CT molecular complexity index is 2150. The first-order valence-corrected chi connectivity index (χ1v) is 22.1. The Kier molecular flexibility index (Phi) is 18.9. The van der Waals surface area contributed by atoms with Gasteiger partial charge in [-0.1, -0.05) is 85.8 Å². The highest BCUT2D eigenvalue weighted by molar-refractivity contribution is 6.25. The number of hydrogen-bond acceptors (Lipinski definition) is 11. The number of rotatable bonds is 25. The van der Waals surface area contributed by atoms with Crippen molar-refractivity contribution in [3.8, 4) is 5.75 Å². The molecule has 4 aromatic carbocycles. The Hall–Kier alpha value is -5.90. The van der Waals surface area contributed by atoms with Gasteiger partial charge in [-0.25, -0.2) is 0 Å². The van der Waals surface area contributed by atoms with Gasteiger partial charge in [0.15, 0.2) is 0 Å². The maximum atomic E-state index is 13.4. The van der Waals surface area contributed by atoms with Crippen LogP contribution >= 0.6 is 0 Å². The number of carbonyl (C=O) groups excluding carboxylic acids is 4. The lowest BCUT2D eigenvalue weighted by Crippen LogP contribution is -2.51. The van der Waals surface area contributed by atoms with Crippen molar-refractivity contribution in [2.45, 2.75) is 38.6 Å². The second-order valence-electron chi connectivity index (χ2n) is 15.2. The number of nitrogens with zero attached hydrogens (tertiary/aromatic N) is 2. The fourth-order valence-electron chi connectivity index (χ4n) is 7.60. The van der Waals surface area contributed by atoms with Crippen LogP contribution in [0.25, 0.3) is 11.1 Å². The maximum absolute atomic E-state index is 13.4. The molecule has 64 heavy (non-hydrogen) atoms. The SMILES string of the molecule is CC/C(=C(\c1ccccc1)c1ccc(OCCN(C)C(=O)CCOCCOCCOCCOCCNc2cccc3c2C(=O)N(C2CCCOCNC2=O)C3=O)cc1)c1ccccc1. The number of ether oxygens (including phenoxy) is 6. The van der Waals surface area contributed by atoms with Crippen LogP contribution in [0.5, 0.6) is 5.75 Å². The highest BCUT2D eigenvalue weighted by atomic mass is 16.6. The molecular formula is C50H60N4O10. The van der Waals surface area contributed by atoms with Crippen molar-refractivity contribution in [1.29, 1.82) is 0 Å². The van der Waals surface area contributed by atoms with E-state index >= 15 is 0 Å². The Balaban J connectivity index is 0.779. The van der Waals surface area contributed by atoms with E-state index < -0.39 is 23.8 Å². The molecule has 0 aromatic heterocycles. The largest absolute Gasteiger partial charge is 0.492 e. The molecule has 0 saturated carbocycles. The summed E-state index contributed by atoms with van der Waals surface area (Å²) in [5.74, 6) is -0.638. The minimum Gasteiger partial charge on any atom is -0.492 e. The lowest BCUT2D eigenvalue weighted by Gasteiger charge is -2.27. The number of fused-ring (bicyclic) bond motifs is 1. The summed E-state index contributed by atoms with van der Waals surface area (Å²) in [4.78, 5) is 54.6. The zero-order chi connectivity index (χ0) is 44.9. The third-order valence-electron chi connectivity index (χ3n) is 10.9. The van der Waals surface area contributed by atoms with Gasteiger partial charge in [0.25, 0.3) is 11.8 Å². The van der Waals surface area contributed by atoms with E-state index in [-0.39, 0.29) is 30.2 Å². The van der Waals surface area contributed by atoms with Crippen LogP contribution in [0.2, 0.25) is 0 Å². The molecule has 1 atom stereocenters. The Labute approximate surface area is 375 Å². The average molecular weight is 877 g/mol. The predicted octanol–water partition coefficient (Wildman–Crippen LogP) is 6.31. The monoisotopic (exact) mass is 876 g/mol. The van der Waals surface area contributed by atoms with E-state index in [2.05, 4.69) is 78.2 Å². The zero-order valence-electron chi connectivity index (χ0n) is 36.9. The molecule has 14 nitrogen and oxygen atoms in total. The van der Waals surface area contributed by atoms with Crippen molar-refractivity contribution in [3.63, 3.8) is 0 Å². The van der Waals surface area contributed by atoms with E-state index in [0.29, 0.717) is 97.7 Å². The normalized spacial score (nSPS) is 15.5. The van der Waals surface area contributed by atoms with E-state index in [1.165, 1.54) is 22.3 Å². The smallest absolute Gasteiger partial charge is 0.264 e. The molecule has 2 N–H and O–H groups in total. The van der Waals surface area contributed by atoms with Gasteiger partial charge in [-0.3, -0.25) is 24.1 Å². The number of benzene rings is 4. The van der Waals surface area contributed by atoms with Crippen molar-refractivity contribution in [2.75, 3.05) is 98.3 Å². The van der Waals surface area contributed by atoms with Crippen LogP contribution < -0.4 is 15.4 Å². The number of imide groups is 1. The summed E-state index contributed by atoms with van der Waals surface area (Å²) >= 11 is 0. The van der Waals surface area contributed by atoms with Crippen LogP contribution in [0.15, 0.2) is 103 Å². The summed E-state index contributed by atoms with van der Waals surface area (Å²) in [5.41, 5.74) is 7.04. The molecule has 14 heteroatoms. The lowest BCUT2D eigenvalue weighted by atomic mass is 9.88. The minimum atomic E-state index is -0.880. The van der Waals surface area contributed by atoms with Crippen LogP contribution in [0.1, 0.15) is 70.0 Å². The van der Waals surface area contributed by atoms with E-state index in [1.807, 2.05) is 24.3 Å². The topological polar surface area (TPSA) is 154 Å². The average Bonchev–Trinajstić information content (AvgIpc) is 3.57. The molecular weight excluding hydrogens is 817 g/mol. The highest BCUT2D eigenvalue weighted by Crippen LogP contribution is 2.35. The summed E-state index contributed by atoms with van der Waals surface area (Å²) in [7, 11) is 1.77. The summed E-state index contributed by atoms with van der Waals surface area (Å²) in [5, 5.41) is 5.81. The van der Waals surface area contributed by atoms with Crippen LogP contribution in [-0.4, -0.2) is 132 Å². The fraction of sp³-hybridized carbons (Fsp3) is 0.400. The number of nitrogens with one attached hydrogen (secondary N) is 2. The van der Waals surface area contributed by atoms with Crippen LogP contribution in [0.3, 0.4) is 0 Å². The number of likely N-dealkylation sites (N-methyl/N-ethyl adjacent to an activating group) is 1. The van der Waals surface area contributed by atoms with Crippen LogP contribution in [0.4, 0.5) is 5.69 Å². The Morgan fingerprint density at radius 2 is 1.36 bits per heavy atom. The molecule has 0 spiro atoms. The summed E-state index contributed by atoms with van der Waals surface area (Å²) in [6, 6.07) is 33.3. The Morgan fingerprint density at radius 1 is 0.734 bits per heavy atom. The second kappa shape index (κ2) is 25.4. The molecule has 0 radical (unpaired) electrons. The molecule has 2 aliphatic heterocycles. The van der Waals surface area contributed by atoms with Crippen molar-refractivity contribution in [2.24, 2.45) is 0 Å². The first-order chi connectivity index (χ1) is 31.4. The summed E-state index contributed by atoms with van der Waals surface area (Å²) in [6.07, 6.45) is 2.05. The second-order valence-corrected chi connectivity index (χ2v) is 15.2. The molecule has 6 rings (SSSR count). The van der Waals surface area contributed by atoms with Gasteiger partial charge in [0, 0.05) is 25.9 Å². The van der Waals surface area contributed by atoms with Gasteiger partial charge >= 0.3 is 0 Å². The number of anilines is 1. The van der Waals surface area contributed by atoms with Gasteiger partial charge in [0.05, 0.1) is 76.9 Å². The maximum Gasteiger partial charge on any atom is 0.264 e. The van der Waals surface area contributed by atoms with Gasteiger partial charge in [0.1, 0.15) is 25.1 Å². The molecule has 2 aliphatic rings. The predicted molar refractivity (Wildman–Crippen MR) is 244 cm³/mol.